The smallest absolute Gasteiger partial charge is 0.340 e. The van der Waals surface area contributed by atoms with Crippen LogP contribution in [0.2, 0.25) is 0 Å². The maximum Gasteiger partial charge on any atom is 0.340 e. The molecule has 21 heavy (non-hydrogen) atoms. The van der Waals surface area contributed by atoms with Crippen LogP contribution in [0.1, 0.15) is 16.1 Å². The minimum Gasteiger partial charge on any atom is -0.468 e. The van der Waals surface area contributed by atoms with Crippen LogP contribution in [0.3, 0.4) is 0 Å². The van der Waals surface area contributed by atoms with Gasteiger partial charge in [-0.25, -0.2) is 9.18 Å². The number of rotatable bonds is 4. The number of nitro groups is 1. The highest BCUT2D eigenvalue weighted by Crippen LogP contribution is 2.38. The second-order valence-electron chi connectivity index (χ2n) is 3.99. The molecule has 0 N–H and O–H groups in total. The zero-order valence-corrected chi connectivity index (χ0v) is 11.9. The van der Waals surface area contributed by atoms with Crippen LogP contribution in [0.15, 0.2) is 38.7 Å². The largest absolute Gasteiger partial charge is 0.468 e. The van der Waals surface area contributed by atoms with Gasteiger partial charge in [0.2, 0.25) is 0 Å². The maximum absolute atomic E-state index is 13.8. The van der Waals surface area contributed by atoms with Gasteiger partial charge in [0.1, 0.15) is 11.6 Å². The molecule has 0 atom stereocenters. The number of carbonyl (C=O) groups excluding carboxylic acids is 1. The number of aryl methyl sites for hydroxylation is 1. The van der Waals surface area contributed by atoms with Crippen LogP contribution in [0.5, 0.6) is 0 Å². The number of benzene rings is 1. The lowest BCUT2D eigenvalue weighted by molar-refractivity contribution is -0.387. The lowest BCUT2D eigenvalue weighted by Gasteiger charge is -2.06. The van der Waals surface area contributed by atoms with Gasteiger partial charge in [0, 0.05) is 0 Å². The summed E-state index contributed by atoms with van der Waals surface area (Å²) in [4.78, 5) is 22.6. The molecule has 0 bridgehead atoms. The molecule has 1 aromatic heterocycles. The van der Waals surface area contributed by atoms with E-state index in [1.54, 1.807) is 13.0 Å². The molecule has 1 heterocycles. The topological polar surface area (TPSA) is 82.6 Å². The van der Waals surface area contributed by atoms with Gasteiger partial charge >= 0.3 is 5.97 Å². The maximum atomic E-state index is 13.8. The monoisotopic (exact) mass is 311 g/mol. The van der Waals surface area contributed by atoms with Crippen molar-refractivity contribution in [1.29, 1.82) is 0 Å². The first kappa shape index (κ1) is 15.0. The number of carbonyl (C=O) groups is 1. The van der Waals surface area contributed by atoms with Crippen LogP contribution in [-0.2, 0) is 4.74 Å². The van der Waals surface area contributed by atoms with Crippen molar-refractivity contribution < 1.29 is 23.3 Å². The third kappa shape index (κ3) is 3.05. The number of hydrogen-bond acceptors (Lipinski definition) is 6. The Bertz CT molecular complexity index is 713. The van der Waals surface area contributed by atoms with E-state index in [4.69, 9.17) is 4.42 Å². The number of hydrogen-bond donors (Lipinski definition) is 0. The van der Waals surface area contributed by atoms with Crippen molar-refractivity contribution in [2.24, 2.45) is 0 Å². The summed E-state index contributed by atoms with van der Waals surface area (Å²) in [6.07, 6.45) is 1.44. The second kappa shape index (κ2) is 5.96. The Morgan fingerprint density at radius 3 is 2.67 bits per heavy atom. The number of nitrogens with zero attached hydrogens (tertiary/aromatic N) is 1. The lowest BCUT2D eigenvalue weighted by Crippen LogP contribution is -2.06. The summed E-state index contributed by atoms with van der Waals surface area (Å²) in [5, 5.41) is 11.0. The predicted octanol–water partition coefficient (Wildman–Crippen LogP) is 3.57. The highest BCUT2D eigenvalue weighted by Gasteiger charge is 2.23. The molecule has 110 valence electrons. The molecule has 0 radical (unpaired) electrons. The molecule has 0 saturated carbocycles. The van der Waals surface area contributed by atoms with Gasteiger partial charge in [-0.2, -0.15) is 0 Å². The zero-order valence-electron chi connectivity index (χ0n) is 11.1. The van der Waals surface area contributed by atoms with Gasteiger partial charge in [0.05, 0.1) is 39.7 Å². The van der Waals surface area contributed by atoms with Gasteiger partial charge in [-0.1, -0.05) is 11.8 Å². The van der Waals surface area contributed by atoms with E-state index in [1.165, 1.54) is 6.26 Å². The summed E-state index contributed by atoms with van der Waals surface area (Å²) in [6.45, 7) is 1.69. The lowest BCUT2D eigenvalue weighted by atomic mass is 10.2. The Morgan fingerprint density at radius 1 is 1.43 bits per heavy atom. The van der Waals surface area contributed by atoms with Crippen molar-refractivity contribution in [2.75, 3.05) is 7.11 Å². The fraction of sp³-hybridized carbons (Fsp3) is 0.154. The summed E-state index contributed by atoms with van der Waals surface area (Å²) < 4.78 is 23.3. The van der Waals surface area contributed by atoms with E-state index in [2.05, 4.69) is 4.74 Å². The molecule has 0 unspecified atom stereocenters. The van der Waals surface area contributed by atoms with E-state index in [-0.39, 0.29) is 10.5 Å². The molecular weight excluding hydrogens is 301 g/mol. The van der Waals surface area contributed by atoms with Crippen LogP contribution >= 0.6 is 11.8 Å². The Hall–Kier alpha value is -2.35. The van der Waals surface area contributed by atoms with Crippen LogP contribution in [0, 0.1) is 22.9 Å². The number of halogens is 1. The minimum absolute atomic E-state index is 0.131. The second-order valence-corrected chi connectivity index (χ2v) is 5.08. The summed E-state index contributed by atoms with van der Waals surface area (Å²) in [7, 11) is 1.11. The Morgan fingerprint density at radius 2 is 2.14 bits per heavy atom. The molecule has 0 amide bonds. The SMILES string of the molecule is COC(=O)c1cc(Sc2ccoc2C)c([N+](=O)[O-])cc1F. The van der Waals surface area contributed by atoms with Crippen LogP contribution in [0.25, 0.3) is 0 Å². The molecule has 0 spiro atoms. The molecule has 1 aromatic carbocycles. The highest BCUT2D eigenvalue weighted by atomic mass is 32.2. The highest BCUT2D eigenvalue weighted by molar-refractivity contribution is 7.99. The predicted molar refractivity (Wildman–Crippen MR) is 72.0 cm³/mol. The molecule has 8 heteroatoms. The van der Waals surface area contributed by atoms with E-state index in [0.29, 0.717) is 16.7 Å². The first-order chi connectivity index (χ1) is 9.93. The third-order valence-electron chi connectivity index (χ3n) is 2.68. The van der Waals surface area contributed by atoms with Crippen molar-refractivity contribution in [1.82, 2.24) is 0 Å². The molecule has 6 nitrogen and oxygen atoms in total. The normalized spacial score (nSPS) is 10.4. The molecule has 0 aliphatic carbocycles. The first-order valence-corrected chi connectivity index (χ1v) is 6.54. The fourth-order valence-corrected chi connectivity index (χ4v) is 2.60. The summed E-state index contributed by atoms with van der Waals surface area (Å²) in [6, 6.07) is 3.45. The Balaban J connectivity index is 2.53. The molecular formula is C13H10FNO5S. The molecule has 0 aliphatic heterocycles. The fourth-order valence-electron chi connectivity index (χ4n) is 1.63. The Kier molecular flexibility index (Phi) is 4.27. The summed E-state index contributed by atoms with van der Waals surface area (Å²) in [5.74, 6) is -1.33. The molecule has 2 rings (SSSR count). The summed E-state index contributed by atoms with van der Waals surface area (Å²) in [5.41, 5.74) is -0.780. The van der Waals surface area contributed by atoms with E-state index >= 15 is 0 Å². The van der Waals surface area contributed by atoms with Crippen LogP contribution in [0.4, 0.5) is 10.1 Å². The quantitative estimate of drug-likeness (QED) is 0.487. The average molecular weight is 311 g/mol. The van der Waals surface area contributed by atoms with E-state index in [9.17, 15) is 19.3 Å². The van der Waals surface area contributed by atoms with Crippen molar-refractivity contribution in [2.45, 2.75) is 16.7 Å². The average Bonchev–Trinajstić information content (AvgIpc) is 2.84. The van der Waals surface area contributed by atoms with Crippen molar-refractivity contribution >= 4 is 23.4 Å². The minimum atomic E-state index is -0.998. The number of nitro benzene ring substituents is 1. The van der Waals surface area contributed by atoms with E-state index in [1.807, 2.05) is 0 Å². The van der Waals surface area contributed by atoms with Gasteiger partial charge in [-0.15, -0.1) is 0 Å². The van der Waals surface area contributed by atoms with Crippen LogP contribution in [-0.4, -0.2) is 18.0 Å². The van der Waals surface area contributed by atoms with Gasteiger partial charge in [0.25, 0.3) is 5.69 Å². The summed E-state index contributed by atoms with van der Waals surface area (Å²) >= 11 is 1.02. The molecule has 2 aromatic rings. The van der Waals surface area contributed by atoms with E-state index in [0.717, 1.165) is 24.9 Å². The molecule has 0 saturated heterocycles. The number of methoxy groups -OCH3 is 1. The van der Waals surface area contributed by atoms with Crippen molar-refractivity contribution in [3.8, 4) is 0 Å². The molecule has 0 fully saturated rings. The Labute approximate surface area is 123 Å². The standard InChI is InChI=1S/C13H10FNO5S/c1-7-11(3-4-20-7)21-12-5-8(13(16)19-2)9(14)6-10(12)15(17)18/h3-6H,1-2H3. The van der Waals surface area contributed by atoms with Crippen LogP contribution < -0.4 is 0 Å². The van der Waals surface area contributed by atoms with Gasteiger partial charge in [0.15, 0.2) is 0 Å². The number of esters is 1. The van der Waals surface area contributed by atoms with Gasteiger partial charge in [-0.05, 0) is 19.1 Å². The van der Waals surface area contributed by atoms with Gasteiger partial charge < -0.3 is 9.15 Å². The zero-order chi connectivity index (χ0) is 15.6. The van der Waals surface area contributed by atoms with Gasteiger partial charge in [-0.3, -0.25) is 10.1 Å². The van der Waals surface area contributed by atoms with Crippen molar-refractivity contribution in [3.05, 3.63) is 51.7 Å². The number of furan rings is 1. The third-order valence-corrected chi connectivity index (χ3v) is 3.87. The first-order valence-electron chi connectivity index (χ1n) is 5.72. The number of ether oxygens (including phenoxy) is 1. The van der Waals surface area contributed by atoms with E-state index < -0.39 is 22.4 Å². The molecule has 0 aliphatic rings. The van der Waals surface area contributed by atoms with Crippen molar-refractivity contribution in [3.63, 3.8) is 0 Å².